The molecule has 0 aliphatic heterocycles. The van der Waals surface area contributed by atoms with Crippen LogP contribution in [0.5, 0.6) is 0 Å². The number of halogens is 2. The van der Waals surface area contributed by atoms with Crippen LogP contribution in [0, 0.1) is 0 Å². The molecule has 1 N–H and O–H groups in total. The molecular formula is C12H12Cl2N4O2S. The third-order valence-corrected chi connectivity index (χ3v) is 4.99. The van der Waals surface area contributed by atoms with Crippen molar-refractivity contribution in [2.75, 3.05) is 19.4 Å². The van der Waals surface area contributed by atoms with Gasteiger partial charge in [-0.3, -0.25) is 0 Å². The van der Waals surface area contributed by atoms with Crippen LogP contribution in [0.1, 0.15) is 0 Å². The van der Waals surface area contributed by atoms with E-state index in [1.54, 1.807) is 12.1 Å². The number of hydrogen-bond donors (Lipinski definition) is 1. The highest BCUT2D eigenvalue weighted by Crippen LogP contribution is 2.30. The van der Waals surface area contributed by atoms with Gasteiger partial charge in [0.1, 0.15) is 16.2 Å². The summed E-state index contributed by atoms with van der Waals surface area (Å²) in [7, 11) is -0.779. The van der Waals surface area contributed by atoms with Gasteiger partial charge in [0.15, 0.2) is 5.82 Å². The van der Waals surface area contributed by atoms with E-state index >= 15 is 0 Å². The molecule has 2 rings (SSSR count). The average Bonchev–Trinajstić information content (AvgIpc) is 2.43. The van der Waals surface area contributed by atoms with Gasteiger partial charge in [-0.1, -0.05) is 23.2 Å². The lowest BCUT2D eigenvalue weighted by Crippen LogP contribution is -2.23. The smallest absolute Gasteiger partial charge is 0.244 e. The number of sulfonamides is 1. The molecule has 0 aliphatic carbocycles. The van der Waals surface area contributed by atoms with Gasteiger partial charge in [0.05, 0.1) is 11.9 Å². The molecule has 0 amide bonds. The van der Waals surface area contributed by atoms with Crippen molar-refractivity contribution in [1.82, 2.24) is 14.3 Å². The van der Waals surface area contributed by atoms with Crippen LogP contribution in [0.15, 0.2) is 35.6 Å². The number of nitrogens with one attached hydrogen (secondary N) is 1. The minimum Gasteiger partial charge on any atom is -0.338 e. The number of hydrogen-bond acceptors (Lipinski definition) is 5. The Kier molecular flexibility index (Phi) is 4.67. The summed E-state index contributed by atoms with van der Waals surface area (Å²) in [6, 6.07) is 4.50. The summed E-state index contributed by atoms with van der Waals surface area (Å²) in [5, 5.41) is 3.47. The van der Waals surface area contributed by atoms with Gasteiger partial charge in [-0.25, -0.2) is 22.7 Å². The van der Waals surface area contributed by atoms with Crippen molar-refractivity contribution in [3.8, 4) is 0 Å². The molecule has 2 aromatic rings. The van der Waals surface area contributed by atoms with Crippen molar-refractivity contribution >= 4 is 44.7 Å². The van der Waals surface area contributed by atoms with E-state index < -0.39 is 10.0 Å². The Morgan fingerprint density at radius 1 is 1.24 bits per heavy atom. The second-order valence-electron chi connectivity index (χ2n) is 4.27. The van der Waals surface area contributed by atoms with E-state index in [-0.39, 0.29) is 9.92 Å². The quantitative estimate of drug-likeness (QED) is 0.921. The maximum atomic E-state index is 12.3. The summed E-state index contributed by atoms with van der Waals surface area (Å²) < 4.78 is 25.8. The lowest BCUT2D eigenvalue weighted by Gasteiger charge is -2.16. The summed E-state index contributed by atoms with van der Waals surface area (Å²) in [4.78, 5) is 7.77. The predicted molar refractivity (Wildman–Crippen MR) is 82.6 cm³/mol. The second-order valence-corrected chi connectivity index (χ2v) is 7.24. The lowest BCUT2D eigenvalue weighted by atomic mass is 10.3. The van der Waals surface area contributed by atoms with Crippen molar-refractivity contribution in [2.24, 2.45) is 0 Å². The maximum Gasteiger partial charge on any atom is 0.244 e. The number of anilines is 2. The van der Waals surface area contributed by atoms with Crippen LogP contribution >= 0.6 is 23.2 Å². The van der Waals surface area contributed by atoms with Gasteiger partial charge in [-0.15, -0.1) is 0 Å². The Balaban J connectivity index is 2.53. The minimum absolute atomic E-state index is 0.0367. The molecule has 9 heteroatoms. The molecule has 1 aromatic heterocycles. The molecule has 0 aliphatic rings. The second kappa shape index (κ2) is 6.15. The van der Waals surface area contributed by atoms with Crippen molar-refractivity contribution in [1.29, 1.82) is 0 Å². The fraction of sp³-hybridized carbons (Fsp3) is 0.167. The summed E-state index contributed by atoms with van der Waals surface area (Å²) in [6.07, 6.45) is 2.72. The topological polar surface area (TPSA) is 75.2 Å². The van der Waals surface area contributed by atoms with E-state index in [1.165, 1.54) is 32.7 Å². The van der Waals surface area contributed by atoms with Gasteiger partial charge in [0.25, 0.3) is 0 Å². The van der Waals surface area contributed by atoms with E-state index in [2.05, 4.69) is 15.3 Å². The number of benzene rings is 1. The monoisotopic (exact) mass is 346 g/mol. The zero-order valence-corrected chi connectivity index (χ0v) is 13.5. The molecule has 21 heavy (non-hydrogen) atoms. The number of aromatic nitrogens is 2. The molecule has 0 radical (unpaired) electrons. The van der Waals surface area contributed by atoms with Gasteiger partial charge < -0.3 is 5.32 Å². The van der Waals surface area contributed by atoms with E-state index in [0.717, 1.165) is 4.31 Å². The van der Waals surface area contributed by atoms with Crippen LogP contribution in [0.2, 0.25) is 10.0 Å². The SMILES string of the molecule is CN(C)S(=O)(=O)c1cc(Cl)ccc1Nc1ncncc1Cl. The molecule has 0 fully saturated rings. The van der Waals surface area contributed by atoms with Crippen LogP contribution < -0.4 is 5.32 Å². The first-order valence-electron chi connectivity index (χ1n) is 5.77. The highest BCUT2D eigenvalue weighted by Gasteiger charge is 2.22. The molecule has 1 aromatic carbocycles. The highest BCUT2D eigenvalue weighted by atomic mass is 35.5. The fourth-order valence-electron chi connectivity index (χ4n) is 1.54. The fourth-order valence-corrected chi connectivity index (χ4v) is 3.00. The van der Waals surface area contributed by atoms with Gasteiger partial charge in [-0.05, 0) is 18.2 Å². The Morgan fingerprint density at radius 2 is 1.95 bits per heavy atom. The summed E-state index contributed by atoms with van der Waals surface area (Å²) in [6.45, 7) is 0. The van der Waals surface area contributed by atoms with Crippen LogP contribution in [0.25, 0.3) is 0 Å². The van der Waals surface area contributed by atoms with Crippen LogP contribution in [-0.4, -0.2) is 36.8 Å². The molecule has 112 valence electrons. The van der Waals surface area contributed by atoms with Gasteiger partial charge in [-0.2, -0.15) is 0 Å². The number of nitrogens with zero attached hydrogens (tertiary/aromatic N) is 3. The van der Waals surface area contributed by atoms with Gasteiger partial charge in [0.2, 0.25) is 10.0 Å². The normalized spacial score (nSPS) is 11.7. The van der Waals surface area contributed by atoms with Gasteiger partial charge >= 0.3 is 0 Å². The zero-order chi connectivity index (χ0) is 15.6. The van der Waals surface area contributed by atoms with E-state index in [0.29, 0.717) is 16.5 Å². The molecule has 0 unspecified atom stereocenters. The summed E-state index contributed by atoms with van der Waals surface area (Å²) >= 11 is 11.9. The Hall–Kier alpha value is -1.41. The van der Waals surface area contributed by atoms with Crippen molar-refractivity contribution in [2.45, 2.75) is 4.90 Å². The number of rotatable bonds is 4. The van der Waals surface area contributed by atoms with Crippen molar-refractivity contribution < 1.29 is 8.42 Å². The van der Waals surface area contributed by atoms with Gasteiger partial charge in [0, 0.05) is 19.1 Å². The van der Waals surface area contributed by atoms with E-state index in [4.69, 9.17) is 23.2 Å². The Bertz CT molecular complexity index is 766. The van der Waals surface area contributed by atoms with Crippen LogP contribution in [-0.2, 0) is 10.0 Å². The third-order valence-electron chi connectivity index (χ3n) is 2.62. The first-order valence-corrected chi connectivity index (χ1v) is 7.96. The zero-order valence-electron chi connectivity index (χ0n) is 11.2. The molecule has 0 saturated heterocycles. The predicted octanol–water partition coefficient (Wildman–Crippen LogP) is 2.78. The van der Waals surface area contributed by atoms with E-state index in [1.807, 2.05) is 0 Å². The Morgan fingerprint density at radius 3 is 2.57 bits per heavy atom. The molecule has 0 spiro atoms. The molecule has 0 bridgehead atoms. The third kappa shape index (κ3) is 3.44. The molecule has 1 heterocycles. The molecule has 0 atom stereocenters. The standard InChI is InChI=1S/C12H12Cl2N4O2S/c1-18(2)21(19,20)11-5-8(13)3-4-10(11)17-12-9(14)6-15-7-16-12/h3-7H,1-2H3,(H,15,16,17). The largest absolute Gasteiger partial charge is 0.338 e. The average molecular weight is 347 g/mol. The lowest BCUT2D eigenvalue weighted by molar-refractivity contribution is 0.521. The Labute approximate surface area is 132 Å². The molecule has 6 nitrogen and oxygen atoms in total. The molecular weight excluding hydrogens is 335 g/mol. The van der Waals surface area contributed by atoms with E-state index in [9.17, 15) is 8.42 Å². The first-order chi connectivity index (χ1) is 9.82. The first kappa shape index (κ1) is 16.0. The van der Waals surface area contributed by atoms with Crippen LogP contribution in [0.3, 0.4) is 0 Å². The van der Waals surface area contributed by atoms with Crippen LogP contribution in [0.4, 0.5) is 11.5 Å². The van der Waals surface area contributed by atoms with Crippen molar-refractivity contribution in [3.05, 3.63) is 40.8 Å². The summed E-state index contributed by atoms with van der Waals surface area (Å²) in [5.41, 5.74) is 0.328. The molecule has 0 saturated carbocycles. The summed E-state index contributed by atoms with van der Waals surface area (Å²) in [5.74, 6) is 0.309. The van der Waals surface area contributed by atoms with Crippen molar-refractivity contribution in [3.63, 3.8) is 0 Å². The maximum absolute atomic E-state index is 12.3. The highest BCUT2D eigenvalue weighted by molar-refractivity contribution is 7.89. The minimum atomic E-state index is -3.66.